The lowest BCUT2D eigenvalue weighted by atomic mass is 10.2. The number of esters is 1. The second kappa shape index (κ2) is 7.06. The van der Waals surface area contributed by atoms with Crippen molar-refractivity contribution in [3.63, 3.8) is 0 Å². The van der Waals surface area contributed by atoms with E-state index >= 15 is 0 Å². The van der Waals surface area contributed by atoms with Crippen LogP contribution in [0.1, 0.15) is 34.1 Å². The van der Waals surface area contributed by atoms with Crippen LogP contribution < -0.4 is 10.0 Å². The molecule has 18 heavy (non-hydrogen) atoms. The summed E-state index contributed by atoms with van der Waals surface area (Å²) in [4.78, 5) is 11.6. The van der Waals surface area contributed by atoms with Crippen LogP contribution in [0.2, 0.25) is 0 Å². The quantitative estimate of drug-likeness (QED) is 0.516. The Morgan fingerprint density at radius 3 is 2.28 bits per heavy atom. The van der Waals surface area contributed by atoms with Gasteiger partial charge in [-0.15, -0.1) is 0 Å². The van der Waals surface area contributed by atoms with Crippen LogP contribution >= 0.6 is 0 Å². The van der Waals surface area contributed by atoms with Crippen LogP contribution in [0.25, 0.3) is 0 Å². The van der Waals surface area contributed by atoms with E-state index < -0.39 is 21.7 Å². The number of nitrogens with one attached hydrogen (secondary N) is 2. The molecule has 0 radical (unpaired) electrons. The first-order chi connectivity index (χ1) is 8.01. The van der Waals surface area contributed by atoms with Gasteiger partial charge in [-0.1, -0.05) is 0 Å². The first-order valence-electron chi connectivity index (χ1n) is 5.92. The SMILES string of the molecule is CC(NCCCNS(C)(=O)=O)C(=O)OC(C)(C)C. The predicted molar refractivity (Wildman–Crippen MR) is 70.8 cm³/mol. The van der Waals surface area contributed by atoms with E-state index in [1.807, 2.05) is 20.8 Å². The normalized spacial score (nSPS) is 14.3. The molecular formula is C11H24N2O4S. The van der Waals surface area contributed by atoms with Gasteiger partial charge in [-0.3, -0.25) is 4.79 Å². The number of carbonyl (C=O) groups is 1. The third kappa shape index (κ3) is 10.5. The molecule has 1 atom stereocenters. The summed E-state index contributed by atoms with van der Waals surface area (Å²) in [7, 11) is -3.13. The predicted octanol–water partition coefficient (Wildman–Crippen LogP) is 0.246. The van der Waals surface area contributed by atoms with E-state index in [-0.39, 0.29) is 5.97 Å². The Morgan fingerprint density at radius 1 is 1.28 bits per heavy atom. The van der Waals surface area contributed by atoms with Crippen molar-refractivity contribution in [3.8, 4) is 0 Å². The van der Waals surface area contributed by atoms with Crippen LogP contribution in [0.3, 0.4) is 0 Å². The summed E-state index contributed by atoms with van der Waals surface area (Å²) in [6, 6.07) is -0.401. The minimum absolute atomic E-state index is 0.307. The monoisotopic (exact) mass is 280 g/mol. The lowest BCUT2D eigenvalue weighted by Crippen LogP contribution is -2.40. The molecule has 0 rings (SSSR count). The van der Waals surface area contributed by atoms with Gasteiger partial charge in [0.15, 0.2) is 0 Å². The molecule has 0 aliphatic rings. The highest BCUT2D eigenvalue weighted by molar-refractivity contribution is 7.88. The summed E-state index contributed by atoms with van der Waals surface area (Å²) in [6.07, 6.45) is 1.73. The van der Waals surface area contributed by atoms with Crippen molar-refractivity contribution in [1.29, 1.82) is 0 Å². The minimum atomic E-state index is -3.13. The molecule has 108 valence electrons. The van der Waals surface area contributed by atoms with E-state index in [1.54, 1.807) is 6.92 Å². The number of sulfonamides is 1. The molecule has 0 amide bonds. The van der Waals surface area contributed by atoms with E-state index in [1.165, 1.54) is 0 Å². The Balaban J connectivity index is 3.77. The molecule has 0 spiro atoms. The first kappa shape index (κ1) is 17.3. The summed E-state index contributed by atoms with van der Waals surface area (Å²) in [6.45, 7) is 8.06. The molecule has 7 heteroatoms. The number of hydrogen-bond donors (Lipinski definition) is 2. The van der Waals surface area contributed by atoms with E-state index in [2.05, 4.69) is 10.0 Å². The smallest absolute Gasteiger partial charge is 0.323 e. The van der Waals surface area contributed by atoms with Crippen LogP contribution in [0.4, 0.5) is 0 Å². The fraction of sp³-hybridized carbons (Fsp3) is 0.909. The highest BCUT2D eigenvalue weighted by Gasteiger charge is 2.20. The molecule has 0 bridgehead atoms. The van der Waals surface area contributed by atoms with E-state index in [0.717, 1.165) is 6.26 Å². The van der Waals surface area contributed by atoms with Crippen molar-refractivity contribution in [2.45, 2.75) is 45.8 Å². The van der Waals surface area contributed by atoms with Gasteiger partial charge >= 0.3 is 5.97 Å². The number of ether oxygens (including phenoxy) is 1. The molecular weight excluding hydrogens is 256 g/mol. The molecule has 0 aromatic rings. The third-order valence-electron chi connectivity index (χ3n) is 1.93. The fourth-order valence-corrected chi connectivity index (χ4v) is 1.65. The first-order valence-corrected chi connectivity index (χ1v) is 7.81. The lowest BCUT2D eigenvalue weighted by Gasteiger charge is -2.22. The fourth-order valence-electron chi connectivity index (χ4n) is 1.14. The summed E-state index contributed by atoms with van der Waals surface area (Å²) < 4.78 is 29.2. The van der Waals surface area contributed by atoms with Gasteiger partial charge in [0.05, 0.1) is 6.26 Å². The zero-order chi connectivity index (χ0) is 14.4. The second-order valence-corrected chi connectivity index (χ2v) is 7.06. The van der Waals surface area contributed by atoms with Gasteiger partial charge in [-0.2, -0.15) is 0 Å². The molecule has 0 aliphatic carbocycles. The van der Waals surface area contributed by atoms with Crippen molar-refractivity contribution < 1.29 is 17.9 Å². The van der Waals surface area contributed by atoms with E-state index in [9.17, 15) is 13.2 Å². The van der Waals surface area contributed by atoms with Crippen molar-refractivity contribution in [1.82, 2.24) is 10.0 Å². The number of rotatable bonds is 7. The summed E-state index contributed by atoms with van der Waals surface area (Å²) in [5.74, 6) is -0.307. The molecule has 0 heterocycles. The molecule has 6 nitrogen and oxygen atoms in total. The Hall–Kier alpha value is -0.660. The zero-order valence-corrected chi connectivity index (χ0v) is 12.6. The molecule has 0 aliphatic heterocycles. The van der Waals surface area contributed by atoms with E-state index in [4.69, 9.17) is 4.74 Å². The van der Waals surface area contributed by atoms with Gasteiger partial charge in [0.1, 0.15) is 11.6 Å². The maximum atomic E-state index is 11.6. The van der Waals surface area contributed by atoms with Gasteiger partial charge in [-0.05, 0) is 40.7 Å². The Kier molecular flexibility index (Phi) is 6.80. The van der Waals surface area contributed by atoms with Gasteiger partial charge in [0, 0.05) is 6.54 Å². The average molecular weight is 280 g/mol. The molecule has 0 aromatic heterocycles. The molecule has 0 saturated heterocycles. The third-order valence-corrected chi connectivity index (χ3v) is 2.66. The van der Waals surface area contributed by atoms with Crippen LogP contribution in [0.15, 0.2) is 0 Å². The summed E-state index contributed by atoms with van der Waals surface area (Å²) in [5, 5.41) is 2.98. The van der Waals surface area contributed by atoms with Crippen molar-refractivity contribution in [2.24, 2.45) is 0 Å². The van der Waals surface area contributed by atoms with Crippen LogP contribution in [0.5, 0.6) is 0 Å². The van der Waals surface area contributed by atoms with Gasteiger partial charge in [-0.25, -0.2) is 13.1 Å². The molecule has 0 aromatic carbocycles. The molecule has 0 fully saturated rings. The largest absolute Gasteiger partial charge is 0.459 e. The Morgan fingerprint density at radius 2 is 1.83 bits per heavy atom. The van der Waals surface area contributed by atoms with Gasteiger partial charge < -0.3 is 10.1 Å². The maximum absolute atomic E-state index is 11.6. The van der Waals surface area contributed by atoms with Gasteiger partial charge in [0.25, 0.3) is 0 Å². The average Bonchev–Trinajstić information content (AvgIpc) is 2.12. The minimum Gasteiger partial charge on any atom is -0.459 e. The van der Waals surface area contributed by atoms with Gasteiger partial charge in [0.2, 0.25) is 10.0 Å². The van der Waals surface area contributed by atoms with Crippen molar-refractivity contribution >= 4 is 16.0 Å². The Labute approximate surface area is 110 Å². The lowest BCUT2D eigenvalue weighted by molar-refractivity contribution is -0.156. The van der Waals surface area contributed by atoms with Crippen LogP contribution in [-0.4, -0.2) is 45.4 Å². The second-order valence-electron chi connectivity index (χ2n) is 5.23. The maximum Gasteiger partial charge on any atom is 0.323 e. The van der Waals surface area contributed by atoms with Crippen molar-refractivity contribution in [3.05, 3.63) is 0 Å². The van der Waals surface area contributed by atoms with Crippen LogP contribution in [-0.2, 0) is 19.6 Å². The molecule has 1 unspecified atom stereocenters. The zero-order valence-electron chi connectivity index (χ0n) is 11.7. The number of hydrogen-bond acceptors (Lipinski definition) is 5. The standard InChI is InChI=1S/C11H24N2O4S/c1-9(10(14)17-11(2,3)4)12-7-6-8-13-18(5,15)16/h9,12-13H,6-8H2,1-5H3. The topological polar surface area (TPSA) is 84.5 Å². The summed E-state index contributed by atoms with van der Waals surface area (Å²) in [5.41, 5.74) is -0.495. The van der Waals surface area contributed by atoms with Crippen LogP contribution in [0, 0.1) is 0 Å². The highest BCUT2D eigenvalue weighted by atomic mass is 32.2. The Bertz CT molecular complexity index is 360. The highest BCUT2D eigenvalue weighted by Crippen LogP contribution is 2.08. The van der Waals surface area contributed by atoms with E-state index in [0.29, 0.717) is 19.5 Å². The molecule has 0 saturated carbocycles. The van der Waals surface area contributed by atoms with Crippen molar-refractivity contribution in [2.75, 3.05) is 19.3 Å². The summed E-state index contributed by atoms with van der Waals surface area (Å²) >= 11 is 0. The number of carbonyl (C=O) groups excluding carboxylic acids is 1. The molecule has 2 N–H and O–H groups in total.